The SMILES string of the molecule is COC(=O)[C@H](CCCN=C(N)N[N+](=O)[O-])NC(=O)[C@@H](CCCCNC(=O)OCc1ccccc1)NC(=O)OCc1ccccc1. The lowest BCUT2D eigenvalue weighted by Gasteiger charge is -2.22. The van der Waals surface area contributed by atoms with Crippen LogP contribution in [-0.2, 0) is 37.0 Å². The number of hydrogen-bond acceptors (Lipinski definition) is 10. The number of nitrogens with two attached hydrogens (primary N) is 1. The smallest absolute Gasteiger partial charge is 0.408 e. The van der Waals surface area contributed by atoms with Crippen molar-refractivity contribution in [1.29, 1.82) is 0 Å². The number of hydrogen-bond donors (Lipinski definition) is 5. The fraction of sp³-hybridized carbons (Fsp3) is 0.414. The molecule has 16 heteroatoms. The Kier molecular flexibility index (Phi) is 16.3. The van der Waals surface area contributed by atoms with Crippen LogP contribution in [0.3, 0.4) is 0 Å². The number of ether oxygens (including phenoxy) is 3. The van der Waals surface area contributed by atoms with Crippen molar-refractivity contribution < 1.29 is 38.4 Å². The monoisotopic (exact) mass is 629 g/mol. The van der Waals surface area contributed by atoms with E-state index in [9.17, 15) is 29.3 Å². The summed E-state index contributed by atoms with van der Waals surface area (Å²) in [6.45, 7) is 0.404. The van der Waals surface area contributed by atoms with Gasteiger partial charge < -0.3 is 35.9 Å². The van der Waals surface area contributed by atoms with Gasteiger partial charge in [-0.05, 0) is 43.2 Å². The number of carbonyl (C=O) groups excluding carboxylic acids is 4. The minimum atomic E-state index is -1.09. The Hall–Kier alpha value is -5.41. The molecule has 0 spiro atoms. The van der Waals surface area contributed by atoms with E-state index in [4.69, 9.17) is 19.9 Å². The summed E-state index contributed by atoms with van der Waals surface area (Å²) >= 11 is 0. The number of rotatable bonds is 18. The summed E-state index contributed by atoms with van der Waals surface area (Å²) in [5.41, 5.74) is 8.69. The number of methoxy groups -OCH3 is 1. The first-order chi connectivity index (χ1) is 21.7. The van der Waals surface area contributed by atoms with Crippen molar-refractivity contribution in [2.45, 2.75) is 57.4 Å². The zero-order chi connectivity index (χ0) is 32.9. The lowest BCUT2D eigenvalue weighted by molar-refractivity contribution is -0.525. The Balaban J connectivity index is 1.92. The zero-order valence-corrected chi connectivity index (χ0v) is 24.9. The maximum Gasteiger partial charge on any atom is 0.408 e. The first-order valence-corrected chi connectivity index (χ1v) is 14.2. The van der Waals surface area contributed by atoms with E-state index in [1.165, 1.54) is 0 Å². The van der Waals surface area contributed by atoms with Crippen LogP contribution in [0, 0.1) is 10.1 Å². The molecule has 244 valence electrons. The summed E-state index contributed by atoms with van der Waals surface area (Å²) in [4.78, 5) is 64.4. The molecule has 0 aliphatic heterocycles. The summed E-state index contributed by atoms with van der Waals surface area (Å²) in [6, 6.07) is 16.0. The minimum Gasteiger partial charge on any atom is -0.467 e. The standard InChI is InChI=1S/C29H39N7O9/c1-43-26(38)24(16-10-18-31-27(30)35-36(41)42)33-25(37)23(34-29(40)45-20-22-13-6-3-7-14-22)15-8-9-17-32-28(39)44-19-21-11-4-2-5-12-21/h2-7,11-14,23-24H,8-10,15-20H2,1H3,(H,32,39)(H,33,37)(H,34,40)(H3,30,31,35)/t23-,24+/m1/s1. The number of aliphatic imine (C=N–C) groups is 1. The van der Waals surface area contributed by atoms with Gasteiger partial charge in [0, 0.05) is 13.1 Å². The highest BCUT2D eigenvalue weighted by atomic mass is 16.7. The number of nitro groups is 1. The highest BCUT2D eigenvalue weighted by Gasteiger charge is 2.27. The predicted octanol–water partition coefficient (Wildman–Crippen LogP) is 1.91. The molecule has 0 radical (unpaired) electrons. The summed E-state index contributed by atoms with van der Waals surface area (Å²) in [5.74, 6) is -1.79. The molecule has 0 bridgehead atoms. The Bertz CT molecular complexity index is 1260. The fourth-order valence-electron chi connectivity index (χ4n) is 3.90. The minimum absolute atomic E-state index is 0.0181. The van der Waals surface area contributed by atoms with Gasteiger partial charge in [0.1, 0.15) is 25.3 Å². The molecule has 0 aliphatic carbocycles. The highest BCUT2D eigenvalue weighted by molar-refractivity contribution is 5.89. The number of hydrazine groups is 1. The van der Waals surface area contributed by atoms with Crippen molar-refractivity contribution in [2.24, 2.45) is 10.7 Å². The predicted molar refractivity (Wildman–Crippen MR) is 162 cm³/mol. The molecule has 0 heterocycles. The van der Waals surface area contributed by atoms with E-state index in [1.807, 2.05) is 36.4 Å². The van der Waals surface area contributed by atoms with Crippen LogP contribution < -0.4 is 27.1 Å². The molecule has 2 aromatic carbocycles. The van der Waals surface area contributed by atoms with Gasteiger partial charge in [0.15, 0.2) is 5.03 Å². The maximum absolute atomic E-state index is 13.2. The van der Waals surface area contributed by atoms with E-state index in [2.05, 4.69) is 20.9 Å². The molecule has 0 fully saturated rings. The van der Waals surface area contributed by atoms with Crippen LogP contribution in [0.4, 0.5) is 9.59 Å². The second kappa shape index (κ2) is 20.5. The number of benzene rings is 2. The molecule has 0 aliphatic rings. The van der Waals surface area contributed by atoms with Crippen LogP contribution in [-0.4, -0.2) is 67.3 Å². The Morgan fingerprint density at radius 2 is 1.42 bits per heavy atom. The molecule has 0 saturated heterocycles. The number of esters is 1. The Morgan fingerprint density at radius 3 is 2.00 bits per heavy atom. The molecule has 45 heavy (non-hydrogen) atoms. The van der Waals surface area contributed by atoms with E-state index in [-0.39, 0.29) is 45.6 Å². The number of amides is 3. The molecule has 0 unspecified atom stereocenters. The van der Waals surface area contributed by atoms with Crippen LogP contribution in [0.25, 0.3) is 0 Å². The second-order valence-corrected chi connectivity index (χ2v) is 9.61. The molecular formula is C29H39N7O9. The van der Waals surface area contributed by atoms with Gasteiger partial charge in [-0.15, -0.1) is 0 Å². The summed E-state index contributed by atoms with van der Waals surface area (Å²) in [7, 11) is 1.16. The quantitative estimate of drug-likeness (QED) is 0.0304. The van der Waals surface area contributed by atoms with E-state index >= 15 is 0 Å². The van der Waals surface area contributed by atoms with E-state index in [0.717, 1.165) is 18.2 Å². The molecule has 0 aromatic heterocycles. The molecule has 2 rings (SSSR count). The Morgan fingerprint density at radius 1 is 0.844 bits per heavy atom. The van der Waals surface area contributed by atoms with Gasteiger partial charge in [-0.2, -0.15) is 0 Å². The number of carbonyl (C=O) groups is 4. The van der Waals surface area contributed by atoms with Crippen molar-refractivity contribution in [3.05, 3.63) is 81.9 Å². The Labute approximate surface area is 260 Å². The third-order valence-electron chi connectivity index (χ3n) is 6.16. The zero-order valence-electron chi connectivity index (χ0n) is 24.9. The van der Waals surface area contributed by atoms with Crippen LogP contribution in [0.1, 0.15) is 43.2 Å². The molecule has 2 aromatic rings. The van der Waals surface area contributed by atoms with Gasteiger partial charge in [0.25, 0.3) is 5.96 Å². The molecule has 6 N–H and O–H groups in total. The van der Waals surface area contributed by atoms with Crippen molar-refractivity contribution in [3.8, 4) is 0 Å². The summed E-state index contributed by atoms with van der Waals surface area (Å²) in [5, 5.41) is 17.3. The molecular weight excluding hydrogens is 590 g/mol. The molecule has 2 atom stereocenters. The number of nitrogens with zero attached hydrogens (tertiary/aromatic N) is 2. The summed E-state index contributed by atoms with van der Waals surface area (Å²) in [6.07, 6.45) is -0.0819. The summed E-state index contributed by atoms with van der Waals surface area (Å²) < 4.78 is 15.2. The van der Waals surface area contributed by atoms with Crippen molar-refractivity contribution >= 4 is 30.0 Å². The molecule has 16 nitrogen and oxygen atoms in total. The first kappa shape index (κ1) is 35.8. The number of unbranched alkanes of at least 4 members (excludes halogenated alkanes) is 1. The number of alkyl carbamates (subject to hydrolysis) is 2. The average Bonchev–Trinajstić information content (AvgIpc) is 3.03. The van der Waals surface area contributed by atoms with Crippen LogP contribution in [0.15, 0.2) is 65.7 Å². The van der Waals surface area contributed by atoms with Gasteiger partial charge in [0.2, 0.25) is 5.91 Å². The third-order valence-corrected chi connectivity index (χ3v) is 6.16. The second-order valence-electron chi connectivity index (χ2n) is 9.61. The van der Waals surface area contributed by atoms with Crippen molar-refractivity contribution in [1.82, 2.24) is 21.4 Å². The van der Waals surface area contributed by atoms with Gasteiger partial charge in [-0.3, -0.25) is 4.79 Å². The lowest BCUT2D eigenvalue weighted by Crippen LogP contribution is -2.52. The highest BCUT2D eigenvalue weighted by Crippen LogP contribution is 2.07. The van der Waals surface area contributed by atoms with E-state index < -0.39 is 47.1 Å². The third kappa shape index (κ3) is 15.6. The molecule has 3 amide bonds. The van der Waals surface area contributed by atoms with Gasteiger partial charge >= 0.3 is 18.2 Å². The van der Waals surface area contributed by atoms with E-state index in [1.54, 1.807) is 29.7 Å². The number of guanidine groups is 1. The van der Waals surface area contributed by atoms with Crippen LogP contribution >= 0.6 is 0 Å². The van der Waals surface area contributed by atoms with Crippen LogP contribution in [0.2, 0.25) is 0 Å². The lowest BCUT2D eigenvalue weighted by atomic mass is 10.1. The van der Waals surface area contributed by atoms with Gasteiger partial charge in [0.05, 0.1) is 7.11 Å². The van der Waals surface area contributed by atoms with Crippen molar-refractivity contribution in [2.75, 3.05) is 20.2 Å². The molecule has 0 saturated carbocycles. The van der Waals surface area contributed by atoms with Gasteiger partial charge in [-0.25, -0.2) is 29.5 Å². The van der Waals surface area contributed by atoms with E-state index in [0.29, 0.717) is 12.8 Å². The fourth-order valence-corrected chi connectivity index (χ4v) is 3.90. The number of nitrogens with one attached hydrogen (secondary N) is 4. The van der Waals surface area contributed by atoms with Gasteiger partial charge in [-0.1, -0.05) is 66.1 Å². The topological polar surface area (TPSA) is 226 Å². The maximum atomic E-state index is 13.2. The van der Waals surface area contributed by atoms with Crippen molar-refractivity contribution in [3.63, 3.8) is 0 Å². The van der Waals surface area contributed by atoms with Crippen LogP contribution in [0.5, 0.6) is 0 Å². The first-order valence-electron chi connectivity index (χ1n) is 14.2. The normalized spacial score (nSPS) is 12.2. The average molecular weight is 630 g/mol. The largest absolute Gasteiger partial charge is 0.467 e.